The molecule has 0 bridgehead atoms. The molecule has 4 rings (SSSR count). The number of nitrogens with one attached hydrogen (secondary N) is 1. The molecule has 3 aliphatic rings. The third-order valence-electron chi connectivity index (χ3n) is 8.63. The van der Waals surface area contributed by atoms with Gasteiger partial charge < -0.3 is 15.5 Å². The molecule has 1 amide bonds. The molecule has 1 aromatic rings. The fourth-order valence-electron chi connectivity index (χ4n) is 6.50. The number of likely N-dealkylation sites (tertiary alicyclic amines) is 1. The van der Waals surface area contributed by atoms with Gasteiger partial charge in [0.1, 0.15) is 5.75 Å². The van der Waals surface area contributed by atoms with E-state index in [9.17, 15) is 15.0 Å². The van der Waals surface area contributed by atoms with Gasteiger partial charge in [0.05, 0.1) is 5.60 Å². The highest BCUT2D eigenvalue weighted by Gasteiger charge is 2.63. The van der Waals surface area contributed by atoms with Crippen LogP contribution in [0.25, 0.3) is 0 Å². The van der Waals surface area contributed by atoms with Gasteiger partial charge in [-0.15, -0.1) is 0 Å². The molecule has 31 heavy (non-hydrogen) atoms. The van der Waals surface area contributed by atoms with E-state index in [-0.39, 0.29) is 29.7 Å². The van der Waals surface area contributed by atoms with Crippen molar-refractivity contribution in [1.82, 2.24) is 10.2 Å². The SMILES string of the molecule is CCC(=O)N[C@H]1CC2(O)C(C)N(CC3CC3)CC[C@]2(c2cc(O)ccc2CC)C[C@H]1C. The Balaban J connectivity index is 1.78. The topological polar surface area (TPSA) is 72.8 Å². The van der Waals surface area contributed by atoms with Crippen molar-refractivity contribution < 1.29 is 15.0 Å². The maximum atomic E-state index is 12.6. The van der Waals surface area contributed by atoms with Crippen LogP contribution in [0.15, 0.2) is 18.2 Å². The van der Waals surface area contributed by atoms with E-state index in [0.29, 0.717) is 12.8 Å². The maximum absolute atomic E-state index is 12.6. The molecule has 0 radical (unpaired) electrons. The zero-order valence-electron chi connectivity index (χ0n) is 19.7. The van der Waals surface area contributed by atoms with E-state index in [2.05, 4.69) is 31.0 Å². The highest BCUT2D eigenvalue weighted by Crippen LogP contribution is 2.57. The van der Waals surface area contributed by atoms with Crippen LogP contribution in [0.1, 0.15) is 77.3 Å². The molecule has 5 nitrogen and oxygen atoms in total. The summed E-state index contributed by atoms with van der Waals surface area (Å²) in [5.74, 6) is 1.34. The number of piperidine rings is 1. The maximum Gasteiger partial charge on any atom is 0.219 e. The molecule has 1 aromatic carbocycles. The molecule has 2 saturated carbocycles. The minimum Gasteiger partial charge on any atom is -0.508 e. The Morgan fingerprint density at radius 3 is 2.61 bits per heavy atom. The van der Waals surface area contributed by atoms with Gasteiger partial charge in [-0.2, -0.15) is 0 Å². The van der Waals surface area contributed by atoms with Crippen LogP contribution < -0.4 is 5.32 Å². The van der Waals surface area contributed by atoms with Gasteiger partial charge >= 0.3 is 0 Å². The highest BCUT2D eigenvalue weighted by molar-refractivity contribution is 5.76. The van der Waals surface area contributed by atoms with Crippen molar-refractivity contribution in [3.8, 4) is 5.75 Å². The van der Waals surface area contributed by atoms with E-state index in [1.54, 1.807) is 6.07 Å². The first-order valence-corrected chi connectivity index (χ1v) is 12.3. The number of carbonyl (C=O) groups excluding carboxylic acids is 1. The second kappa shape index (κ2) is 8.40. The molecule has 2 unspecified atom stereocenters. The Kier molecular flexibility index (Phi) is 6.12. The normalized spacial score (nSPS) is 36.1. The van der Waals surface area contributed by atoms with Crippen LogP contribution in [-0.4, -0.2) is 51.8 Å². The molecule has 3 fully saturated rings. The molecular weight excluding hydrogens is 388 g/mol. The van der Waals surface area contributed by atoms with Crippen molar-refractivity contribution in [3.63, 3.8) is 0 Å². The number of aliphatic hydroxyl groups is 1. The van der Waals surface area contributed by atoms with Crippen molar-refractivity contribution in [1.29, 1.82) is 0 Å². The molecule has 5 atom stereocenters. The number of hydrogen-bond acceptors (Lipinski definition) is 4. The van der Waals surface area contributed by atoms with Crippen LogP contribution >= 0.6 is 0 Å². The van der Waals surface area contributed by atoms with E-state index >= 15 is 0 Å². The summed E-state index contributed by atoms with van der Waals surface area (Å²) in [4.78, 5) is 14.7. The van der Waals surface area contributed by atoms with Gasteiger partial charge in [0.15, 0.2) is 0 Å². The minimum atomic E-state index is -0.962. The summed E-state index contributed by atoms with van der Waals surface area (Å²) >= 11 is 0. The smallest absolute Gasteiger partial charge is 0.219 e. The number of nitrogens with zero attached hydrogens (tertiary/aromatic N) is 1. The second-order valence-corrected chi connectivity index (χ2v) is 10.5. The van der Waals surface area contributed by atoms with E-state index in [0.717, 1.165) is 43.8 Å². The van der Waals surface area contributed by atoms with Crippen molar-refractivity contribution in [2.45, 2.75) is 95.7 Å². The summed E-state index contributed by atoms with van der Waals surface area (Å²) in [6.07, 6.45) is 6.19. The van der Waals surface area contributed by atoms with Gasteiger partial charge in [0, 0.05) is 30.5 Å². The number of carbonyl (C=O) groups is 1. The molecule has 3 N–H and O–H groups in total. The molecule has 1 aliphatic heterocycles. The van der Waals surface area contributed by atoms with Crippen molar-refractivity contribution in [2.24, 2.45) is 11.8 Å². The first-order chi connectivity index (χ1) is 14.7. The Bertz CT molecular complexity index is 823. The molecule has 1 saturated heterocycles. The Hall–Kier alpha value is -1.59. The lowest BCUT2D eigenvalue weighted by molar-refractivity contribution is -0.170. The minimum absolute atomic E-state index is 0.00225. The zero-order chi connectivity index (χ0) is 22.4. The average Bonchev–Trinajstić information content (AvgIpc) is 3.56. The number of rotatable bonds is 6. The fraction of sp³-hybridized carbons (Fsp3) is 0.731. The predicted molar refractivity (Wildman–Crippen MR) is 123 cm³/mol. The van der Waals surface area contributed by atoms with Gasteiger partial charge in [-0.3, -0.25) is 9.69 Å². The molecule has 0 spiro atoms. The van der Waals surface area contributed by atoms with Crippen LogP contribution in [0, 0.1) is 11.8 Å². The fourth-order valence-corrected chi connectivity index (χ4v) is 6.50. The van der Waals surface area contributed by atoms with Gasteiger partial charge in [-0.1, -0.05) is 26.8 Å². The quantitative estimate of drug-likeness (QED) is 0.645. The summed E-state index contributed by atoms with van der Waals surface area (Å²) in [6, 6.07) is 5.67. The number of aryl methyl sites for hydroxylation is 1. The molecule has 0 aromatic heterocycles. The number of phenolic OH excluding ortho intramolecular Hbond substituents is 1. The third-order valence-corrected chi connectivity index (χ3v) is 8.63. The average molecular weight is 429 g/mol. The van der Waals surface area contributed by atoms with Crippen LogP contribution in [-0.2, 0) is 16.6 Å². The van der Waals surface area contributed by atoms with E-state index < -0.39 is 11.0 Å². The summed E-state index contributed by atoms with van der Waals surface area (Å²) in [7, 11) is 0. The standard InChI is InChI=1S/C26H40N2O3/c1-5-20-9-10-21(29)13-22(20)25-11-12-28(16-19-7-8-19)18(4)26(25,31)15-23(17(3)14-25)27-24(30)6-2/h9-10,13,17-19,23,29,31H,5-8,11-12,14-16H2,1-4H3,(H,27,30)/t17-,18?,23+,25-,26?/m1/s1. The Morgan fingerprint density at radius 2 is 1.97 bits per heavy atom. The number of phenols is 1. The summed E-state index contributed by atoms with van der Waals surface area (Å²) in [5.41, 5.74) is 0.948. The largest absolute Gasteiger partial charge is 0.508 e. The first kappa shape index (κ1) is 22.6. The van der Waals surface area contributed by atoms with E-state index in [1.807, 2.05) is 19.1 Å². The lowest BCUT2D eigenvalue weighted by atomic mass is 9.50. The van der Waals surface area contributed by atoms with Crippen molar-refractivity contribution >= 4 is 5.91 Å². The second-order valence-electron chi connectivity index (χ2n) is 10.5. The van der Waals surface area contributed by atoms with Crippen LogP contribution in [0.2, 0.25) is 0 Å². The molecule has 2 aliphatic carbocycles. The monoisotopic (exact) mass is 428 g/mol. The van der Waals surface area contributed by atoms with Crippen molar-refractivity contribution in [3.05, 3.63) is 29.3 Å². The number of fused-ring (bicyclic) bond motifs is 1. The molecule has 1 heterocycles. The molecule has 172 valence electrons. The van der Waals surface area contributed by atoms with Gasteiger partial charge in [0.2, 0.25) is 5.91 Å². The van der Waals surface area contributed by atoms with Gasteiger partial charge in [-0.05, 0) is 87.1 Å². The Morgan fingerprint density at radius 1 is 1.23 bits per heavy atom. The molecular formula is C26H40N2O3. The van der Waals surface area contributed by atoms with Crippen LogP contribution in [0.4, 0.5) is 0 Å². The van der Waals surface area contributed by atoms with Crippen LogP contribution in [0.5, 0.6) is 5.75 Å². The highest BCUT2D eigenvalue weighted by atomic mass is 16.3. The molecule has 5 heteroatoms. The lowest BCUT2D eigenvalue weighted by Crippen LogP contribution is -2.72. The summed E-state index contributed by atoms with van der Waals surface area (Å²) < 4.78 is 0. The summed E-state index contributed by atoms with van der Waals surface area (Å²) in [5, 5.41) is 26.2. The van der Waals surface area contributed by atoms with Gasteiger partial charge in [0.25, 0.3) is 0 Å². The first-order valence-electron chi connectivity index (χ1n) is 12.3. The predicted octanol–water partition coefficient (Wildman–Crippen LogP) is 3.75. The third kappa shape index (κ3) is 3.89. The number of hydrogen-bond donors (Lipinski definition) is 3. The lowest BCUT2D eigenvalue weighted by Gasteiger charge is -2.63. The van der Waals surface area contributed by atoms with E-state index in [4.69, 9.17) is 0 Å². The van der Waals surface area contributed by atoms with E-state index in [1.165, 1.54) is 18.4 Å². The Labute approximate surface area is 187 Å². The van der Waals surface area contributed by atoms with Gasteiger partial charge in [-0.25, -0.2) is 0 Å². The number of aromatic hydroxyl groups is 1. The van der Waals surface area contributed by atoms with Crippen LogP contribution in [0.3, 0.4) is 0 Å². The van der Waals surface area contributed by atoms with Crippen molar-refractivity contribution in [2.75, 3.05) is 13.1 Å². The number of benzene rings is 1. The number of amides is 1. The summed E-state index contributed by atoms with van der Waals surface area (Å²) in [6.45, 7) is 10.4. The zero-order valence-corrected chi connectivity index (χ0v) is 19.7.